The zero-order valence-electron chi connectivity index (χ0n) is 11.6. The second-order valence-electron chi connectivity index (χ2n) is 5.20. The van der Waals surface area contributed by atoms with Crippen molar-refractivity contribution in [1.82, 2.24) is 4.98 Å². The molecule has 0 saturated carbocycles. The lowest BCUT2D eigenvalue weighted by Gasteiger charge is -2.38. The number of rotatable bonds is 3. The number of nitrogens with one attached hydrogen (secondary N) is 1. The van der Waals surface area contributed by atoms with Crippen LogP contribution in [0.4, 0.5) is 4.39 Å². The molecule has 5 N–H and O–H groups in total. The van der Waals surface area contributed by atoms with E-state index in [4.69, 9.17) is 14.6 Å². The molecule has 0 radical (unpaired) electrons. The molecule has 0 aliphatic carbocycles. The number of carboxylic acids is 1. The lowest BCUT2D eigenvalue weighted by atomic mass is 9.99. The van der Waals surface area contributed by atoms with Gasteiger partial charge in [-0.3, -0.25) is 0 Å². The monoisotopic (exact) mass is 327 g/mol. The van der Waals surface area contributed by atoms with Crippen LogP contribution in [0.25, 0.3) is 10.9 Å². The molecule has 124 valence electrons. The highest BCUT2D eigenvalue weighted by Gasteiger charge is 2.48. The first-order chi connectivity index (χ1) is 10.9. The maximum atomic E-state index is 13.1. The van der Waals surface area contributed by atoms with Gasteiger partial charge in [-0.2, -0.15) is 0 Å². The van der Waals surface area contributed by atoms with E-state index < -0.39 is 42.5 Å². The van der Waals surface area contributed by atoms with Crippen LogP contribution < -0.4 is 4.74 Å². The van der Waals surface area contributed by atoms with E-state index in [2.05, 4.69) is 4.98 Å². The van der Waals surface area contributed by atoms with Gasteiger partial charge < -0.3 is 34.9 Å². The van der Waals surface area contributed by atoms with E-state index in [0.717, 1.165) is 0 Å². The van der Waals surface area contributed by atoms with Gasteiger partial charge in [-0.25, -0.2) is 9.18 Å². The molecule has 1 aromatic heterocycles. The number of H-pyrrole nitrogens is 1. The topological polar surface area (TPSA) is 132 Å². The molecule has 0 amide bonds. The van der Waals surface area contributed by atoms with Crippen molar-refractivity contribution in [3.8, 4) is 5.75 Å². The number of hydrogen-bond acceptors (Lipinski definition) is 6. The van der Waals surface area contributed by atoms with Gasteiger partial charge in [0.1, 0.15) is 29.9 Å². The van der Waals surface area contributed by atoms with E-state index in [1.54, 1.807) is 0 Å². The quantitative estimate of drug-likeness (QED) is 0.517. The molecule has 8 nitrogen and oxygen atoms in total. The number of aliphatic hydroxyl groups is 3. The Balaban J connectivity index is 1.86. The number of halogens is 1. The molecule has 1 fully saturated rings. The molecule has 1 aliphatic heterocycles. The summed E-state index contributed by atoms with van der Waals surface area (Å²) in [5, 5.41) is 38.7. The molecule has 2 heterocycles. The summed E-state index contributed by atoms with van der Waals surface area (Å²) in [7, 11) is 0. The highest BCUT2D eigenvalue weighted by molar-refractivity contribution is 5.86. The van der Waals surface area contributed by atoms with E-state index in [9.17, 15) is 24.5 Å². The molecular weight excluding hydrogens is 313 g/mol. The Morgan fingerprint density at radius 3 is 2.65 bits per heavy atom. The second kappa shape index (κ2) is 5.78. The van der Waals surface area contributed by atoms with Crippen LogP contribution in [0.3, 0.4) is 0 Å². The summed E-state index contributed by atoms with van der Waals surface area (Å²) in [5.41, 5.74) is 0.431. The largest absolute Gasteiger partial charge is 0.479 e. The Labute approximate surface area is 128 Å². The van der Waals surface area contributed by atoms with Crippen molar-refractivity contribution >= 4 is 16.9 Å². The smallest absolute Gasteiger partial charge is 0.335 e. The summed E-state index contributed by atoms with van der Waals surface area (Å²) in [6.07, 6.45) is -7.09. The van der Waals surface area contributed by atoms with Crippen LogP contribution in [0.1, 0.15) is 0 Å². The molecule has 2 aromatic rings. The zero-order valence-corrected chi connectivity index (χ0v) is 11.6. The fraction of sp³-hybridized carbons (Fsp3) is 0.357. The predicted octanol–water partition coefficient (Wildman–Crippen LogP) is -0.422. The van der Waals surface area contributed by atoms with Gasteiger partial charge in [0.25, 0.3) is 0 Å². The SMILES string of the molecule is O=C(O)[C@H]1O[C@@H](Oc2c[nH]c3cc(F)ccc23)[C@H](O)[C@@H](O)[C@@H]1O. The maximum absolute atomic E-state index is 13.1. The third-order valence-corrected chi connectivity index (χ3v) is 3.66. The molecule has 0 bridgehead atoms. The Morgan fingerprint density at radius 2 is 1.96 bits per heavy atom. The highest BCUT2D eigenvalue weighted by Crippen LogP contribution is 2.30. The summed E-state index contributed by atoms with van der Waals surface area (Å²) in [6.45, 7) is 0. The van der Waals surface area contributed by atoms with Gasteiger partial charge in [-0.1, -0.05) is 0 Å². The van der Waals surface area contributed by atoms with Crippen LogP contribution in [0.15, 0.2) is 24.4 Å². The van der Waals surface area contributed by atoms with Crippen molar-refractivity contribution in [3.05, 3.63) is 30.2 Å². The van der Waals surface area contributed by atoms with Crippen molar-refractivity contribution < 1.29 is 39.1 Å². The maximum Gasteiger partial charge on any atom is 0.335 e. The van der Waals surface area contributed by atoms with E-state index in [0.29, 0.717) is 10.9 Å². The van der Waals surface area contributed by atoms with E-state index >= 15 is 0 Å². The Morgan fingerprint density at radius 1 is 1.22 bits per heavy atom. The third kappa shape index (κ3) is 2.75. The number of carbonyl (C=O) groups is 1. The van der Waals surface area contributed by atoms with Crippen molar-refractivity contribution in [2.45, 2.75) is 30.7 Å². The van der Waals surface area contributed by atoms with Crippen molar-refractivity contribution in [2.75, 3.05) is 0 Å². The molecule has 1 saturated heterocycles. The van der Waals surface area contributed by atoms with Gasteiger partial charge in [0.15, 0.2) is 6.10 Å². The van der Waals surface area contributed by atoms with E-state index in [1.165, 1.54) is 24.4 Å². The normalized spacial score (nSPS) is 31.2. The van der Waals surface area contributed by atoms with Gasteiger partial charge in [-0.05, 0) is 18.2 Å². The molecule has 0 spiro atoms. The number of carboxylic acid groups (broad SMARTS) is 1. The molecule has 1 aromatic carbocycles. The molecular formula is C14H14FNO7. The number of benzene rings is 1. The van der Waals surface area contributed by atoms with Crippen LogP contribution in [-0.4, -0.2) is 62.1 Å². The Bertz CT molecular complexity index is 733. The molecule has 9 heteroatoms. The number of fused-ring (bicyclic) bond motifs is 1. The minimum atomic E-state index is -1.79. The van der Waals surface area contributed by atoms with Crippen LogP contribution in [0.5, 0.6) is 5.75 Å². The number of hydrogen-bond donors (Lipinski definition) is 5. The predicted molar refractivity (Wildman–Crippen MR) is 73.2 cm³/mol. The lowest BCUT2D eigenvalue weighted by Crippen LogP contribution is -2.61. The molecule has 0 unspecified atom stereocenters. The average molecular weight is 327 g/mol. The van der Waals surface area contributed by atoms with Gasteiger partial charge >= 0.3 is 5.97 Å². The average Bonchev–Trinajstić information content (AvgIpc) is 2.89. The summed E-state index contributed by atoms with van der Waals surface area (Å²) in [4.78, 5) is 13.8. The van der Waals surface area contributed by atoms with Gasteiger partial charge in [0.2, 0.25) is 6.29 Å². The molecule has 3 rings (SSSR count). The van der Waals surface area contributed by atoms with E-state index in [-0.39, 0.29) is 5.75 Å². The van der Waals surface area contributed by atoms with Crippen molar-refractivity contribution in [3.63, 3.8) is 0 Å². The Hall–Kier alpha value is -2.20. The van der Waals surface area contributed by atoms with Crippen molar-refractivity contribution in [1.29, 1.82) is 0 Å². The summed E-state index contributed by atoms with van der Waals surface area (Å²) in [6, 6.07) is 3.88. The van der Waals surface area contributed by atoms with Gasteiger partial charge in [-0.15, -0.1) is 0 Å². The minimum Gasteiger partial charge on any atom is -0.479 e. The second-order valence-corrected chi connectivity index (χ2v) is 5.20. The van der Waals surface area contributed by atoms with Crippen molar-refractivity contribution in [2.24, 2.45) is 0 Å². The van der Waals surface area contributed by atoms with Crippen LogP contribution in [-0.2, 0) is 9.53 Å². The Kier molecular flexibility index (Phi) is 3.94. The van der Waals surface area contributed by atoms with Crippen LogP contribution in [0.2, 0.25) is 0 Å². The summed E-state index contributed by atoms with van der Waals surface area (Å²) in [5.74, 6) is -1.78. The summed E-state index contributed by atoms with van der Waals surface area (Å²) >= 11 is 0. The first kappa shape index (κ1) is 15.7. The number of ether oxygens (including phenoxy) is 2. The fourth-order valence-electron chi connectivity index (χ4n) is 2.44. The third-order valence-electron chi connectivity index (χ3n) is 3.66. The van der Waals surface area contributed by atoms with Crippen LogP contribution >= 0.6 is 0 Å². The molecule has 5 atom stereocenters. The highest BCUT2D eigenvalue weighted by atomic mass is 19.1. The summed E-state index contributed by atoms with van der Waals surface area (Å²) < 4.78 is 23.6. The number of aliphatic carboxylic acids is 1. The number of aromatic amines is 1. The minimum absolute atomic E-state index is 0.178. The number of aromatic nitrogens is 1. The number of aliphatic hydroxyl groups excluding tert-OH is 3. The van der Waals surface area contributed by atoms with Gasteiger partial charge in [0.05, 0.1) is 5.52 Å². The van der Waals surface area contributed by atoms with Crippen LogP contribution in [0, 0.1) is 5.82 Å². The standard InChI is InChI=1S/C14H14FNO7/c15-5-1-2-6-7(3-5)16-4-8(6)22-14-11(19)9(17)10(18)12(23-14)13(20)21/h1-4,9-12,14,16-19H,(H,20,21)/t9-,10-,11+,12-,14+/m0/s1. The van der Waals surface area contributed by atoms with E-state index in [1.807, 2.05) is 0 Å². The van der Waals surface area contributed by atoms with Gasteiger partial charge in [0, 0.05) is 11.6 Å². The molecule has 23 heavy (non-hydrogen) atoms. The molecule has 1 aliphatic rings. The fourth-order valence-corrected chi connectivity index (χ4v) is 2.44. The first-order valence-electron chi connectivity index (χ1n) is 6.74. The lowest BCUT2D eigenvalue weighted by molar-refractivity contribution is -0.270. The first-order valence-corrected chi connectivity index (χ1v) is 6.74. The zero-order chi connectivity index (χ0) is 16.7.